The molecule has 0 atom stereocenters. The number of nitro benzene ring substituents is 1. The normalized spacial score (nSPS) is 10.5. The minimum atomic E-state index is -0.482. The van der Waals surface area contributed by atoms with Crippen molar-refractivity contribution in [3.05, 3.63) is 68.8 Å². The van der Waals surface area contributed by atoms with Gasteiger partial charge in [0.05, 0.1) is 30.4 Å². The Hall–Kier alpha value is -2.87. The summed E-state index contributed by atoms with van der Waals surface area (Å²) in [6.45, 7) is 0. The Bertz CT molecular complexity index is 836. The van der Waals surface area contributed by atoms with Crippen LogP contribution in [0, 0.1) is 10.1 Å². The fourth-order valence-corrected chi connectivity index (χ4v) is 2.51. The van der Waals surface area contributed by atoms with Crippen LogP contribution in [0.3, 0.4) is 0 Å². The van der Waals surface area contributed by atoms with Gasteiger partial charge in [-0.1, -0.05) is 0 Å². The number of non-ortho nitro benzene ring substituents is 1. The van der Waals surface area contributed by atoms with Gasteiger partial charge in [-0.25, -0.2) is 0 Å². The standard InChI is InChI=1S/C17H15BrN2O5/c1-24-12-4-5-13(17(10-12)25-2)16(21)7-8-19-15-6-3-11(20(22)23)9-14(15)18/h3-10,19H,1-2H3. The molecule has 25 heavy (non-hydrogen) atoms. The number of carbonyl (C=O) groups excluding carboxylic acids is 1. The molecule has 0 fully saturated rings. The number of nitrogens with zero attached hydrogens (tertiary/aromatic N) is 1. The Morgan fingerprint density at radius 3 is 2.56 bits per heavy atom. The minimum Gasteiger partial charge on any atom is -0.497 e. The van der Waals surface area contributed by atoms with Crippen LogP contribution in [0.4, 0.5) is 11.4 Å². The molecule has 0 aliphatic carbocycles. The molecule has 7 nitrogen and oxygen atoms in total. The number of carbonyl (C=O) groups is 1. The largest absolute Gasteiger partial charge is 0.497 e. The van der Waals surface area contributed by atoms with Gasteiger partial charge in [-0.15, -0.1) is 0 Å². The first-order valence-electron chi connectivity index (χ1n) is 7.09. The lowest BCUT2D eigenvalue weighted by Gasteiger charge is -2.08. The molecule has 8 heteroatoms. The Morgan fingerprint density at radius 1 is 1.20 bits per heavy atom. The molecular formula is C17H15BrN2O5. The van der Waals surface area contributed by atoms with Crippen LogP contribution in [0.5, 0.6) is 11.5 Å². The van der Waals surface area contributed by atoms with E-state index in [0.29, 0.717) is 27.2 Å². The maximum atomic E-state index is 12.3. The van der Waals surface area contributed by atoms with E-state index in [0.717, 1.165) is 0 Å². The number of rotatable bonds is 7. The number of hydrogen-bond acceptors (Lipinski definition) is 6. The maximum absolute atomic E-state index is 12.3. The summed E-state index contributed by atoms with van der Waals surface area (Å²) in [4.78, 5) is 22.5. The molecule has 0 aromatic heterocycles. The van der Waals surface area contributed by atoms with Crippen molar-refractivity contribution in [1.29, 1.82) is 0 Å². The second-order valence-corrected chi connectivity index (χ2v) is 5.68. The zero-order valence-corrected chi connectivity index (χ0v) is 15.1. The lowest BCUT2D eigenvalue weighted by Crippen LogP contribution is -2.01. The Balaban J connectivity index is 2.12. The molecule has 0 heterocycles. The molecule has 0 saturated carbocycles. The molecule has 0 spiro atoms. The van der Waals surface area contributed by atoms with E-state index in [4.69, 9.17) is 9.47 Å². The van der Waals surface area contributed by atoms with Crippen LogP contribution in [0.25, 0.3) is 0 Å². The van der Waals surface area contributed by atoms with Crippen LogP contribution in [0.15, 0.2) is 53.1 Å². The molecule has 0 unspecified atom stereocenters. The molecule has 2 aromatic rings. The van der Waals surface area contributed by atoms with Crippen LogP contribution < -0.4 is 14.8 Å². The second kappa shape index (κ2) is 8.29. The fourth-order valence-electron chi connectivity index (χ4n) is 2.03. The van der Waals surface area contributed by atoms with Crippen molar-refractivity contribution in [2.75, 3.05) is 19.5 Å². The lowest BCUT2D eigenvalue weighted by molar-refractivity contribution is -0.384. The van der Waals surface area contributed by atoms with Crippen LogP contribution in [-0.4, -0.2) is 24.9 Å². The first-order valence-corrected chi connectivity index (χ1v) is 7.89. The van der Waals surface area contributed by atoms with Crippen LogP contribution in [0.2, 0.25) is 0 Å². The number of ketones is 1. The van der Waals surface area contributed by atoms with Crippen LogP contribution in [0.1, 0.15) is 10.4 Å². The SMILES string of the molecule is COc1ccc(C(=O)C=CNc2ccc([N+](=O)[O-])cc2Br)c(OC)c1. The van der Waals surface area contributed by atoms with Crippen molar-refractivity contribution in [1.82, 2.24) is 0 Å². The molecule has 0 radical (unpaired) electrons. The van der Waals surface area contributed by atoms with Gasteiger partial charge in [0.15, 0.2) is 5.78 Å². The van der Waals surface area contributed by atoms with Gasteiger partial charge in [0, 0.05) is 34.9 Å². The third-order valence-electron chi connectivity index (χ3n) is 3.31. The number of anilines is 1. The van der Waals surface area contributed by atoms with E-state index in [2.05, 4.69) is 21.2 Å². The highest BCUT2D eigenvalue weighted by molar-refractivity contribution is 9.10. The van der Waals surface area contributed by atoms with Crippen molar-refractivity contribution >= 4 is 33.1 Å². The van der Waals surface area contributed by atoms with Crippen LogP contribution >= 0.6 is 15.9 Å². The number of hydrogen-bond donors (Lipinski definition) is 1. The summed E-state index contributed by atoms with van der Waals surface area (Å²) in [5, 5.41) is 13.6. The third-order valence-corrected chi connectivity index (χ3v) is 3.97. The van der Waals surface area contributed by atoms with Crippen molar-refractivity contribution in [2.45, 2.75) is 0 Å². The molecule has 0 aliphatic rings. The molecule has 0 amide bonds. The van der Waals surface area contributed by atoms with E-state index >= 15 is 0 Å². The summed E-state index contributed by atoms with van der Waals surface area (Å²) < 4.78 is 10.8. The van der Waals surface area contributed by atoms with E-state index in [9.17, 15) is 14.9 Å². The predicted molar refractivity (Wildman–Crippen MR) is 97.4 cm³/mol. The number of halogens is 1. The monoisotopic (exact) mass is 406 g/mol. The summed E-state index contributed by atoms with van der Waals surface area (Å²) in [7, 11) is 3.00. The maximum Gasteiger partial charge on any atom is 0.270 e. The minimum absolute atomic E-state index is 0.0274. The van der Waals surface area contributed by atoms with Gasteiger partial charge < -0.3 is 14.8 Å². The molecule has 2 aromatic carbocycles. The summed E-state index contributed by atoms with van der Waals surface area (Å²) in [6, 6.07) is 9.21. The zero-order valence-electron chi connectivity index (χ0n) is 13.5. The van der Waals surface area contributed by atoms with E-state index < -0.39 is 4.92 Å². The van der Waals surface area contributed by atoms with Gasteiger partial charge in [0.1, 0.15) is 11.5 Å². The highest BCUT2D eigenvalue weighted by Crippen LogP contribution is 2.27. The Kier molecular flexibility index (Phi) is 6.13. The van der Waals surface area contributed by atoms with E-state index in [1.54, 1.807) is 24.3 Å². The smallest absolute Gasteiger partial charge is 0.270 e. The van der Waals surface area contributed by atoms with Gasteiger partial charge in [-0.2, -0.15) is 0 Å². The van der Waals surface area contributed by atoms with Gasteiger partial charge in [-0.3, -0.25) is 14.9 Å². The van der Waals surface area contributed by atoms with Crippen LogP contribution in [-0.2, 0) is 0 Å². The summed E-state index contributed by atoms with van der Waals surface area (Å²) in [6.07, 6.45) is 2.80. The Labute approximate surface area is 152 Å². The molecule has 0 saturated heterocycles. The first kappa shape index (κ1) is 18.5. The van der Waals surface area contributed by atoms with Gasteiger partial charge in [0.25, 0.3) is 5.69 Å². The fraction of sp³-hybridized carbons (Fsp3) is 0.118. The molecule has 0 bridgehead atoms. The zero-order chi connectivity index (χ0) is 18.4. The number of nitrogens with one attached hydrogen (secondary N) is 1. The quantitative estimate of drug-likeness (QED) is 0.321. The number of ether oxygens (including phenoxy) is 2. The number of methoxy groups -OCH3 is 2. The molecule has 0 aliphatic heterocycles. The van der Waals surface area contributed by atoms with Crippen molar-refractivity contribution in [2.24, 2.45) is 0 Å². The van der Waals surface area contributed by atoms with Gasteiger partial charge in [-0.05, 0) is 34.1 Å². The van der Waals surface area contributed by atoms with Crippen molar-refractivity contribution in [3.8, 4) is 11.5 Å². The predicted octanol–water partition coefficient (Wildman–Crippen LogP) is 4.18. The van der Waals surface area contributed by atoms with E-state index in [-0.39, 0.29) is 11.5 Å². The summed E-state index contributed by atoms with van der Waals surface area (Å²) >= 11 is 3.25. The third kappa shape index (κ3) is 4.57. The topological polar surface area (TPSA) is 90.7 Å². The average molecular weight is 407 g/mol. The highest BCUT2D eigenvalue weighted by Gasteiger charge is 2.11. The van der Waals surface area contributed by atoms with Crippen molar-refractivity contribution < 1.29 is 19.2 Å². The number of benzene rings is 2. The second-order valence-electron chi connectivity index (χ2n) is 4.83. The molecule has 2 rings (SSSR count). The van der Waals surface area contributed by atoms with Gasteiger partial charge in [0.2, 0.25) is 0 Å². The lowest BCUT2D eigenvalue weighted by atomic mass is 10.1. The van der Waals surface area contributed by atoms with E-state index in [1.807, 2.05) is 0 Å². The molecular weight excluding hydrogens is 392 g/mol. The Morgan fingerprint density at radius 2 is 1.96 bits per heavy atom. The summed E-state index contributed by atoms with van der Waals surface area (Å²) in [5.41, 5.74) is 0.959. The van der Waals surface area contributed by atoms with E-state index in [1.165, 1.54) is 38.6 Å². The first-order chi connectivity index (χ1) is 12.0. The average Bonchev–Trinajstić information content (AvgIpc) is 2.62. The highest BCUT2D eigenvalue weighted by atomic mass is 79.9. The molecule has 130 valence electrons. The number of nitro groups is 1. The summed E-state index contributed by atoms with van der Waals surface area (Å²) in [5.74, 6) is 0.737. The van der Waals surface area contributed by atoms with Crippen molar-refractivity contribution in [3.63, 3.8) is 0 Å². The number of allylic oxidation sites excluding steroid dienone is 1. The molecule has 1 N–H and O–H groups in total. The van der Waals surface area contributed by atoms with Gasteiger partial charge >= 0.3 is 0 Å².